The van der Waals surface area contributed by atoms with Crippen LogP contribution in [0.3, 0.4) is 0 Å². The van der Waals surface area contributed by atoms with Gasteiger partial charge in [-0.05, 0) is 65.9 Å². The monoisotopic (exact) mass is 505 g/mol. The Morgan fingerprint density at radius 2 is 1.69 bits per heavy atom. The molecule has 0 aliphatic carbocycles. The maximum Gasteiger partial charge on any atom is 0.300 e. The number of benzene rings is 2. The number of aryl methyl sites for hydroxylation is 1. The second-order valence-electron chi connectivity index (χ2n) is 9.74. The zero-order valence-electron chi connectivity index (χ0n) is 20.4. The van der Waals surface area contributed by atoms with Gasteiger partial charge in [0.15, 0.2) is 0 Å². The van der Waals surface area contributed by atoms with E-state index in [1.54, 1.807) is 18.2 Å². The minimum Gasteiger partial charge on any atom is -0.507 e. The predicted octanol–water partition coefficient (Wildman–Crippen LogP) is 3.96. The van der Waals surface area contributed by atoms with Gasteiger partial charge in [-0.2, -0.15) is 0 Å². The van der Waals surface area contributed by atoms with Crippen LogP contribution in [0.15, 0.2) is 77.3 Å². The fourth-order valence-corrected chi connectivity index (χ4v) is 4.72. The predicted molar refractivity (Wildman–Crippen MR) is 137 cm³/mol. The summed E-state index contributed by atoms with van der Waals surface area (Å²) < 4.78 is 23.4. The molecule has 1 aliphatic heterocycles. The van der Waals surface area contributed by atoms with Gasteiger partial charge >= 0.3 is 0 Å². The maximum atomic E-state index is 13.4. The number of carbonyl (C=O) groups is 2. The molecule has 1 atom stereocenters. The van der Waals surface area contributed by atoms with Gasteiger partial charge in [0, 0.05) is 17.4 Å². The van der Waals surface area contributed by atoms with Crippen molar-refractivity contribution in [2.24, 2.45) is 5.14 Å². The van der Waals surface area contributed by atoms with Crippen LogP contribution in [0.1, 0.15) is 49.2 Å². The average Bonchev–Trinajstić information content (AvgIpc) is 3.09. The van der Waals surface area contributed by atoms with E-state index in [0.29, 0.717) is 11.3 Å². The number of Topliss-reactive ketones (excluding diaryl/α,β-unsaturated/α-hetero) is 1. The molecule has 3 N–H and O–H groups in total. The smallest absolute Gasteiger partial charge is 0.300 e. The molecule has 1 saturated heterocycles. The van der Waals surface area contributed by atoms with Gasteiger partial charge in [-0.3, -0.25) is 19.5 Å². The molecule has 1 unspecified atom stereocenters. The lowest BCUT2D eigenvalue weighted by Gasteiger charge is -2.25. The van der Waals surface area contributed by atoms with Crippen molar-refractivity contribution in [2.75, 3.05) is 4.90 Å². The van der Waals surface area contributed by atoms with Gasteiger partial charge in [0.05, 0.1) is 16.2 Å². The summed E-state index contributed by atoms with van der Waals surface area (Å²) in [6.07, 6.45) is 1.53. The van der Waals surface area contributed by atoms with Crippen LogP contribution in [0.5, 0.6) is 0 Å². The number of ketones is 1. The molecule has 36 heavy (non-hydrogen) atoms. The fraction of sp³-hybridized carbons (Fsp3) is 0.222. The van der Waals surface area contributed by atoms with Crippen LogP contribution >= 0.6 is 0 Å². The number of anilines is 1. The largest absolute Gasteiger partial charge is 0.507 e. The molecule has 4 rings (SSSR count). The molecule has 9 heteroatoms. The molecule has 3 aromatic rings. The third-order valence-electron chi connectivity index (χ3n) is 6.21. The third kappa shape index (κ3) is 4.55. The molecular formula is C27H27N3O5S. The van der Waals surface area contributed by atoms with Gasteiger partial charge in [0.25, 0.3) is 11.7 Å². The van der Waals surface area contributed by atoms with E-state index in [-0.39, 0.29) is 27.3 Å². The van der Waals surface area contributed by atoms with Gasteiger partial charge < -0.3 is 5.11 Å². The lowest BCUT2D eigenvalue weighted by atomic mass is 9.84. The van der Waals surface area contributed by atoms with Gasteiger partial charge in [0.1, 0.15) is 11.8 Å². The van der Waals surface area contributed by atoms with Crippen molar-refractivity contribution in [2.45, 2.75) is 44.0 Å². The Balaban J connectivity index is 1.94. The molecule has 2 heterocycles. The number of pyridine rings is 1. The average molecular weight is 506 g/mol. The number of sulfonamides is 1. The number of aliphatic hydroxyl groups excluding tert-OH is 1. The maximum absolute atomic E-state index is 13.4. The highest BCUT2D eigenvalue weighted by Gasteiger charge is 2.47. The molecule has 8 nitrogen and oxygen atoms in total. The Bertz CT molecular complexity index is 1490. The summed E-state index contributed by atoms with van der Waals surface area (Å²) in [6, 6.07) is 15.0. The topological polar surface area (TPSA) is 131 Å². The van der Waals surface area contributed by atoms with Crippen LogP contribution < -0.4 is 10.0 Å². The second-order valence-corrected chi connectivity index (χ2v) is 11.3. The van der Waals surface area contributed by atoms with E-state index < -0.39 is 27.8 Å². The van der Waals surface area contributed by atoms with Crippen molar-refractivity contribution in [3.05, 3.63) is 94.8 Å². The quantitative estimate of drug-likeness (QED) is 0.314. The lowest BCUT2D eigenvalue weighted by molar-refractivity contribution is -0.132. The van der Waals surface area contributed by atoms with E-state index in [9.17, 15) is 23.1 Å². The minimum absolute atomic E-state index is 0.0941. The number of aliphatic hydroxyl groups is 1. The van der Waals surface area contributed by atoms with Crippen LogP contribution in [0.25, 0.3) is 5.76 Å². The molecule has 0 radical (unpaired) electrons. The van der Waals surface area contributed by atoms with E-state index in [1.807, 2.05) is 45.9 Å². The van der Waals surface area contributed by atoms with Crippen molar-refractivity contribution in [3.63, 3.8) is 0 Å². The highest BCUT2D eigenvalue weighted by atomic mass is 32.2. The molecule has 0 saturated carbocycles. The van der Waals surface area contributed by atoms with Gasteiger partial charge in [0.2, 0.25) is 10.0 Å². The van der Waals surface area contributed by atoms with E-state index in [0.717, 1.165) is 11.1 Å². The van der Waals surface area contributed by atoms with E-state index in [1.165, 1.54) is 35.4 Å². The van der Waals surface area contributed by atoms with Crippen molar-refractivity contribution in [1.29, 1.82) is 0 Å². The zero-order chi connectivity index (χ0) is 26.4. The molecule has 1 fully saturated rings. The number of hydrogen-bond acceptors (Lipinski definition) is 6. The summed E-state index contributed by atoms with van der Waals surface area (Å²) in [5, 5.41) is 16.7. The standard InChI is InChI=1S/C27H27N3O5S/c1-16-8-9-17(27(2,3)4)15-20(16)24(31)22-23(21-7-5-6-14-29-21)30(26(33)25(22)32)18-10-12-19(13-11-18)36(28,34)35/h5-15,23,31H,1-4H3,(H2,28,34,35)/b24-22+. The Morgan fingerprint density at radius 1 is 1.03 bits per heavy atom. The second kappa shape index (κ2) is 9.00. The van der Waals surface area contributed by atoms with Crippen LogP contribution in [-0.4, -0.2) is 30.2 Å². The van der Waals surface area contributed by atoms with E-state index in [2.05, 4.69) is 4.98 Å². The number of primary sulfonamides is 1. The Kier molecular flexibility index (Phi) is 6.32. The van der Waals surface area contributed by atoms with E-state index >= 15 is 0 Å². The van der Waals surface area contributed by atoms with E-state index in [4.69, 9.17) is 5.14 Å². The van der Waals surface area contributed by atoms with Crippen molar-refractivity contribution in [1.82, 2.24) is 4.98 Å². The van der Waals surface area contributed by atoms with Crippen molar-refractivity contribution < 1.29 is 23.1 Å². The number of nitrogens with two attached hydrogens (primary N) is 1. The zero-order valence-corrected chi connectivity index (χ0v) is 21.2. The van der Waals surface area contributed by atoms with Crippen molar-refractivity contribution >= 4 is 33.2 Å². The molecule has 1 amide bonds. The Labute approximate surface area is 210 Å². The van der Waals surface area contributed by atoms with Gasteiger partial charge in [-0.1, -0.05) is 39.0 Å². The fourth-order valence-electron chi connectivity index (χ4n) is 4.20. The number of hydrogen-bond donors (Lipinski definition) is 2. The number of amides is 1. The molecule has 0 bridgehead atoms. The number of nitrogens with zero attached hydrogens (tertiary/aromatic N) is 2. The summed E-state index contributed by atoms with van der Waals surface area (Å²) in [5.41, 5.74) is 2.48. The first-order chi connectivity index (χ1) is 16.8. The Hall–Kier alpha value is -3.82. The molecule has 2 aromatic carbocycles. The van der Waals surface area contributed by atoms with Crippen molar-refractivity contribution in [3.8, 4) is 0 Å². The SMILES string of the molecule is Cc1ccc(C(C)(C)C)cc1/C(O)=C1\C(=O)C(=O)N(c2ccc(S(N)(=O)=O)cc2)C1c1ccccn1. The summed E-state index contributed by atoms with van der Waals surface area (Å²) in [4.78, 5) is 32.1. The van der Waals surface area contributed by atoms with Crippen LogP contribution in [0.4, 0.5) is 5.69 Å². The first kappa shape index (κ1) is 25.3. The number of aromatic nitrogens is 1. The lowest BCUT2D eigenvalue weighted by Crippen LogP contribution is -2.29. The summed E-state index contributed by atoms with van der Waals surface area (Å²) >= 11 is 0. The molecule has 186 valence electrons. The molecule has 0 spiro atoms. The first-order valence-electron chi connectivity index (χ1n) is 11.3. The molecule has 1 aliphatic rings. The highest BCUT2D eigenvalue weighted by Crippen LogP contribution is 2.42. The Morgan fingerprint density at radius 3 is 2.25 bits per heavy atom. The third-order valence-corrected chi connectivity index (χ3v) is 7.14. The minimum atomic E-state index is -3.95. The molecule has 1 aromatic heterocycles. The highest BCUT2D eigenvalue weighted by molar-refractivity contribution is 7.89. The number of carbonyl (C=O) groups excluding carboxylic acids is 2. The summed E-state index contributed by atoms with van der Waals surface area (Å²) in [7, 11) is -3.95. The number of rotatable bonds is 4. The summed E-state index contributed by atoms with van der Waals surface area (Å²) in [5.74, 6) is -2.02. The van der Waals surface area contributed by atoms with Gasteiger partial charge in [-0.15, -0.1) is 0 Å². The van der Waals surface area contributed by atoms with Crippen LogP contribution in [0, 0.1) is 6.92 Å². The first-order valence-corrected chi connectivity index (χ1v) is 12.8. The molecular weight excluding hydrogens is 478 g/mol. The normalized spacial score (nSPS) is 18.0. The van der Waals surface area contributed by atoms with Gasteiger partial charge in [-0.25, -0.2) is 13.6 Å². The summed E-state index contributed by atoms with van der Waals surface area (Å²) in [6.45, 7) is 7.94. The van der Waals surface area contributed by atoms with Crippen LogP contribution in [0.2, 0.25) is 0 Å². The van der Waals surface area contributed by atoms with Crippen LogP contribution in [-0.2, 0) is 25.0 Å².